The fraction of sp³-hybridized carbons (Fsp3) is 0.600. The first-order valence-electron chi connectivity index (χ1n) is 4.38. The zero-order chi connectivity index (χ0) is 9.90. The van der Waals surface area contributed by atoms with E-state index in [1.807, 2.05) is 13.8 Å². The highest BCUT2D eigenvalue weighted by Gasteiger charge is 2.30. The van der Waals surface area contributed by atoms with Crippen LogP contribution in [0.5, 0.6) is 0 Å². The lowest BCUT2D eigenvalue weighted by molar-refractivity contribution is -0.127. The molecule has 0 radical (unpaired) electrons. The summed E-state index contributed by atoms with van der Waals surface area (Å²) in [6.45, 7) is 4.42. The average molecular weight is 182 g/mol. The predicted molar refractivity (Wildman–Crippen MR) is 47.8 cm³/mol. The van der Waals surface area contributed by atoms with Crippen LogP contribution in [0.2, 0.25) is 0 Å². The van der Waals surface area contributed by atoms with Gasteiger partial charge in [0.2, 0.25) is 0 Å². The van der Waals surface area contributed by atoms with Crippen LogP contribution < -0.4 is 0 Å². The van der Waals surface area contributed by atoms with E-state index < -0.39 is 0 Å². The third-order valence-corrected chi connectivity index (χ3v) is 2.49. The Morgan fingerprint density at radius 2 is 2.23 bits per heavy atom. The second-order valence-electron chi connectivity index (χ2n) is 3.97. The first-order chi connectivity index (χ1) is 6.10. The highest BCUT2D eigenvalue weighted by atomic mass is 16.5. The van der Waals surface area contributed by atoms with Crippen molar-refractivity contribution in [2.24, 2.45) is 11.3 Å². The van der Waals surface area contributed by atoms with E-state index in [4.69, 9.17) is 4.74 Å². The number of allylic oxidation sites excluding steroid dienone is 2. The Labute approximate surface area is 77.8 Å². The molecule has 1 atom stereocenters. The Balaban J connectivity index is 2.85. The van der Waals surface area contributed by atoms with E-state index in [0.29, 0.717) is 12.2 Å². The topological polar surface area (TPSA) is 43.4 Å². The molecule has 0 amide bonds. The summed E-state index contributed by atoms with van der Waals surface area (Å²) in [7, 11) is 0. The van der Waals surface area contributed by atoms with Gasteiger partial charge in [-0.1, -0.05) is 13.8 Å². The highest BCUT2D eigenvalue weighted by molar-refractivity contribution is 5.57. The Bertz CT molecular complexity index is 241. The Morgan fingerprint density at radius 1 is 1.54 bits per heavy atom. The van der Waals surface area contributed by atoms with Crippen LogP contribution in [-0.2, 0) is 14.3 Å². The fourth-order valence-corrected chi connectivity index (χ4v) is 1.51. The summed E-state index contributed by atoms with van der Waals surface area (Å²) in [5.74, 6) is 0.522. The number of hydrogen-bond donors (Lipinski definition) is 0. The van der Waals surface area contributed by atoms with E-state index in [2.05, 4.69) is 0 Å². The lowest BCUT2D eigenvalue weighted by Crippen LogP contribution is -2.24. The minimum absolute atomic E-state index is 0.0945. The van der Waals surface area contributed by atoms with Crippen LogP contribution in [0.1, 0.15) is 26.7 Å². The maximum Gasteiger partial charge on any atom is 0.298 e. The van der Waals surface area contributed by atoms with Gasteiger partial charge in [0.25, 0.3) is 6.47 Å². The fourth-order valence-electron chi connectivity index (χ4n) is 1.51. The lowest BCUT2D eigenvalue weighted by Gasteiger charge is -2.31. The SMILES string of the molecule is CC1(C)CCC(C=O)C=C1OC=O. The summed E-state index contributed by atoms with van der Waals surface area (Å²) in [6.07, 6.45) is 4.34. The minimum atomic E-state index is -0.125. The highest BCUT2D eigenvalue weighted by Crippen LogP contribution is 2.38. The van der Waals surface area contributed by atoms with Gasteiger partial charge in [-0.2, -0.15) is 0 Å². The largest absolute Gasteiger partial charge is 0.433 e. The van der Waals surface area contributed by atoms with E-state index in [1.54, 1.807) is 6.08 Å². The standard InChI is InChI=1S/C10H14O3/c1-10(2)4-3-8(6-11)5-9(10)13-7-12/h5-8H,3-4H2,1-2H3. The molecular formula is C10H14O3. The first-order valence-corrected chi connectivity index (χ1v) is 4.38. The molecule has 3 heteroatoms. The van der Waals surface area contributed by atoms with Crippen LogP contribution in [0.15, 0.2) is 11.8 Å². The van der Waals surface area contributed by atoms with Gasteiger partial charge in [0.15, 0.2) is 0 Å². The van der Waals surface area contributed by atoms with Crippen LogP contribution >= 0.6 is 0 Å². The summed E-state index contributed by atoms with van der Waals surface area (Å²) < 4.78 is 4.85. The van der Waals surface area contributed by atoms with Crippen molar-refractivity contribution in [2.75, 3.05) is 0 Å². The van der Waals surface area contributed by atoms with Crippen LogP contribution in [0.4, 0.5) is 0 Å². The van der Waals surface area contributed by atoms with E-state index in [1.165, 1.54) is 0 Å². The van der Waals surface area contributed by atoms with Crippen molar-refractivity contribution in [1.29, 1.82) is 0 Å². The van der Waals surface area contributed by atoms with Gasteiger partial charge in [0, 0.05) is 11.3 Å². The molecule has 0 aromatic rings. The summed E-state index contributed by atoms with van der Waals surface area (Å²) in [6, 6.07) is 0. The zero-order valence-corrected chi connectivity index (χ0v) is 7.95. The molecule has 0 aliphatic heterocycles. The number of ether oxygens (including phenoxy) is 1. The zero-order valence-electron chi connectivity index (χ0n) is 7.95. The van der Waals surface area contributed by atoms with Gasteiger partial charge < -0.3 is 9.53 Å². The van der Waals surface area contributed by atoms with Crippen molar-refractivity contribution in [1.82, 2.24) is 0 Å². The normalized spacial score (nSPS) is 26.0. The van der Waals surface area contributed by atoms with Gasteiger partial charge in [-0.3, -0.25) is 4.79 Å². The minimum Gasteiger partial charge on any atom is -0.433 e. The maximum absolute atomic E-state index is 10.5. The van der Waals surface area contributed by atoms with Crippen molar-refractivity contribution < 1.29 is 14.3 Å². The Hall–Kier alpha value is -1.12. The third-order valence-electron chi connectivity index (χ3n) is 2.49. The van der Waals surface area contributed by atoms with Gasteiger partial charge in [-0.05, 0) is 18.9 Å². The van der Waals surface area contributed by atoms with Crippen molar-refractivity contribution in [3.8, 4) is 0 Å². The molecule has 0 heterocycles. The molecule has 0 spiro atoms. The average Bonchev–Trinajstić information content (AvgIpc) is 2.09. The molecule has 3 nitrogen and oxygen atoms in total. The molecule has 0 aromatic carbocycles. The van der Waals surface area contributed by atoms with Crippen LogP contribution in [-0.4, -0.2) is 12.8 Å². The molecular weight excluding hydrogens is 168 g/mol. The second kappa shape index (κ2) is 3.73. The number of carbonyl (C=O) groups is 2. The van der Waals surface area contributed by atoms with Crippen LogP contribution in [0, 0.1) is 11.3 Å². The van der Waals surface area contributed by atoms with E-state index >= 15 is 0 Å². The van der Waals surface area contributed by atoms with Gasteiger partial charge in [-0.25, -0.2) is 0 Å². The molecule has 0 saturated carbocycles. The van der Waals surface area contributed by atoms with Gasteiger partial charge in [0.1, 0.15) is 12.0 Å². The van der Waals surface area contributed by atoms with Crippen LogP contribution in [0.3, 0.4) is 0 Å². The van der Waals surface area contributed by atoms with Crippen molar-refractivity contribution in [3.63, 3.8) is 0 Å². The molecule has 1 rings (SSSR count). The first kappa shape index (κ1) is 9.96. The molecule has 72 valence electrons. The van der Waals surface area contributed by atoms with E-state index in [-0.39, 0.29) is 11.3 Å². The summed E-state index contributed by atoms with van der Waals surface area (Å²) in [5.41, 5.74) is -0.125. The van der Waals surface area contributed by atoms with Crippen LogP contribution in [0.25, 0.3) is 0 Å². The van der Waals surface area contributed by atoms with Gasteiger partial charge >= 0.3 is 0 Å². The molecule has 1 unspecified atom stereocenters. The van der Waals surface area contributed by atoms with Crippen molar-refractivity contribution in [3.05, 3.63) is 11.8 Å². The number of rotatable bonds is 3. The van der Waals surface area contributed by atoms with Crippen molar-refractivity contribution in [2.45, 2.75) is 26.7 Å². The summed E-state index contributed by atoms with van der Waals surface area (Å²) >= 11 is 0. The van der Waals surface area contributed by atoms with E-state index in [0.717, 1.165) is 19.1 Å². The summed E-state index contributed by atoms with van der Waals surface area (Å²) in [5, 5.41) is 0. The molecule has 0 saturated heterocycles. The number of aldehydes is 1. The third kappa shape index (κ3) is 2.17. The quantitative estimate of drug-likeness (QED) is 0.624. The molecule has 1 aliphatic rings. The Kier molecular flexibility index (Phi) is 2.86. The molecule has 0 N–H and O–H groups in total. The molecule has 13 heavy (non-hydrogen) atoms. The molecule has 0 fully saturated rings. The molecule has 0 aromatic heterocycles. The molecule has 0 bridgehead atoms. The van der Waals surface area contributed by atoms with Gasteiger partial charge in [0.05, 0.1) is 0 Å². The van der Waals surface area contributed by atoms with Crippen molar-refractivity contribution >= 4 is 12.8 Å². The Morgan fingerprint density at radius 3 is 2.77 bits per heavy atom. The predicted octanol–water partition coefficient (Wildman–Crippen LogP) is 1.68. The number of hydrogen-bond acceptors (Lipinski definition) is 3. The number of carbonyl (C=O) groups excluding carboxylic acids is 2. The lowest BCUT2D eigenvalue weighted by atomic mass is 9.77. The monoisotopic (exact) mass is 182 g/mol. The smallest absolute Gasteiger partial charge is 0.298 e. The van der Waals surface area contributed by atoms with Gasteiger partial charge in [-0.15, -0.1) is 0 Å². The summed E-state index contributed by atoms with van der Waals surface area (Å²) in [4.78, 5) is 20.7. The molecule has 1 aliphatic carbocycles. The second-order valence-corrected chi connectivity index (χ2v) is 3.97. The van der Waals surface area contributed by atoms with E-state index in [9.17, 15) is 9.59 Å². The maximum atomic E-state index is 10.5.